The molecule has 0 heterocycles. The Kier molecular flexibility index (Phi) is 30.9. The molecule has 0 saturated heterocycles. The van der Waals surface area contributed by atoms with E-state index in [0.717, 1.165) is 13.2 Å². The number of methoxy groups -OCH3 is 1. The van der Waals surface area contributed by atoms with Crippen LogP contribution in [0.5, 0.6) is 0 Å². The summed E-state index contributed by atoms with van der Waals surface area (Å²) in [6.45, 7) is 1.74. The highest BCUT2D eigenvalue weighted by molar-refractivity contribution is 5.85. The summed E-state index contributed by atoms with van der Waals surface area (Å²) in [6.07, 6.45) is 0. The summed E-state index contributed by atoms with van der Waals surface area (Å²) in [7, 11) is 3.59. The second-order valence-corrected chi connectivity index (χ2v) is 1.10. The summed E-state index contributed by atoms with van der Waals surface area (Å²) >= 11 is 0. The summed E-state index contributed by atoms with van der Waals surface area (Å²) in [5.41, 5.74) is 0. The van der Waals surface area contributed by atoms with Crippen molar-refractivity contribution in [2.75, 3.05) is 27.3 Å². The van der Waals surface area contributed by atoms with Crippen molar-refractivity contribution in [2.45, 2.75) is 0 Å². The summed E-state index contributed by atoms with van der Waals surface area (Å²) < 4.78 is 4.72. The molecule has 0 bridgehead atoms. The predicted octanol–water partition coefficient (Wildman–Crippen LogP) is 0.696. The van der Waals surface area contributed by atoms with Gasteiger partial charge >= 0.3 is 0 Å². The van der Waals surface area contributed by atoms with E-state index in [1.165, 1.54) is 0 Å². The Morgan fingerprint density at radius 2 is 1.88 bits per heavy atom. The fourth-order valence-corrected chi connectivity index (χ4v) is 0.204. The Balaban J connectivity index is -0.000000125. The van der Waals surface area contributed by atoms with E-state index in [1.54, 1.807) is 7.11 Å². The van der Waals surface area contributed by atoms with Crippen LogP contribution in [-0.4, -0.2) is 27.3 Å². The first-order valence-corrected chi connectivity index (χ1v) is 2.05. The summed E-state index contributed by atoms with van der Waals surface area (Å²) in [5, 5.41) is 2.94. The number of ether oxygens (including phenoxy) is 1. The summed E-state index contributed by atoms with van der Waals surface area (Å²) in [6, 6.07) is 0. The van der Waals surface area contributed by atoms with E-state index < -0.39 is 0 Å². The van der Waals surface area contributed by atoms with Crippen LogP contribution in [0.1, 0.15) is 0 Å². The minimum Gasteiger partial charge on any atom is -0.383 e. The Morgan fingerprint density at radius 1 is 1.38 bits per heavy atom. The predicted molar refractivity (Wildman–Crippen MR) is 40.3 cm³/mol. The van der Waals surface area contributed by atoms with Crippen LogP contribution in [-0.2, 0) is 4.74 Å². The molecular weight excluding hydrogens is 149 g/mol. The van der Waals surface area contributed by atoms with Crippen molar-refractivity contribution in [3.8, 4) is 0 Å². The molecule has 0 aliphatic rings. The van der Waals surface area contributed by atoms with Crippen molar-refractivity contribution in [3.63, 3.8) is 0 Å². The summed E-state index contributed by atoms with van der Waals surface area (Å²) in [4.78, 5) is 0. The Morgan fingerprint density at radius 3 is 2.00 bits per heavy atom. The molecule has 0 amide bonds. The highest BCUT2D eigenvalue weighted by atomic mass is 35.5. The SMILES string of the molecule is CNCCOC.Cl.Cl. The molecule has 0 aromatic carbocycles. The van der Waals surface area contributed by atoms with Gasteiger partial charge in [0.05, 0.1) is 6.61 Å². The van der Waals surface area contributed by atoms with E-state index in [4.69, 9.17) is 4.74 Å². The zero-order valence-corrected chi connectivity index (χ0v) is 6.77. The van der Waals surface area contributed by atoms with Gasteiger partial charge in [0.1, 0.15) is 0 Å². The van der Waals surface area contributed by atoms with Crippen LogP contribution < -0.4 is 5.32 Å². The smallest absolute Gasteiger partial charge is 0.0587 e. The second-order valence-electron chi connectivity index (χ2n) is 1.10. The topological polar surface area (TPSA) is 21.3 Å². The highest BCUT2D eigenvalue weighted by Gasteiger charge is 1.72. The third kappa shape index (κ3) is 16.1. The third-order valence-electron chi connectivity index (χ3n) is 0.556. The van der Waals surface area contributed by atoms with Crippen LogP contribution in [0, 0.1) is 0 Å². The van der Waals surface area contributed by atoms with Crippen LogP contribution >= 0.6 is 24.8 Å². The van der Waals surface area contributed by atoms with E-state index in [2.05, 4.69) is 5.32 Å². The molecule has 2 nitrogen and oxygen atoms in total. The van der Waals surface area contributed by atoms with Crippen molar-refractivity contribution in [1.82, 2.24) is 5.32 Å². The Bertz CT molecular complexity index is 26.0. The molecule has 0 aromatic heterocycles. The first-order valence-electron chi connectivity index (χ1n) is 2.05. The van der Waals surface area contributed by atoms with Crippen LogP contribution in [0.25, 0.3) is 0 Å². The maximum absolute atomic E-state index is 4.72. The molecule has 0 aliphatic heterocycles. The Labute approximate surface area is 62.8 Å². The van der Waals surface area contributed by atoms with Gasteiger partial charge in [-0.3, -0.25) is 0 Å². The largest absolute Gasteiger partial charge is 0.383 e. The van der Waals surface area contributed by atoms with Gasteiger partial charge in [0.25, 0.3) is 0 Å². The molecule has 0 aromatic rings. The van der Waals surface area contributed by atoms with Crippen molar-refractivity contribution < 1.29 is 4.74 Å². The van der Waals surface area contributed by atoms with Gasteiger partial charge in [0, 0.05) is 13.7 Å². The maximum atomic E-state index is 4.72. The number of rotatable bonds is 3. The van der Waals surface area contributed by atoms with Gasteiger partial charge in [0.2, 0.25) is 0 Å². The molecule has 0 saturated carbocycles. The minimum absolute atomic E-state index is 0. The van der Waals surface area contributed by atoms with Crippen molar-refractivity contribution in [3.05, 3.63) is 0 Å². The summed E-state index contributed by atoms with van der Waals surface area (Å²) in [5.74, 6) is 0. The average Bonchev–Trinajstić information content (AvgIpc) is 1.61. The number of nitrogens with one attached hydrogen (secondary N) is 1. The molecule has 4 heteroatoms. The quantitative estimate of drug-likeness (QED) is 0.616. The van der Waals surface area contributed by atoms with Gasteiger partial charge in [-0.2, -0.15) is 0 Å². The lowest BCUT2D eigenvalue weighted by Gasteiger charge is -1.92. The molecule has 0 fully saturated rings. The zero-order chi connectivity index (χ0) is 4.83. The lowest BCUT2D eigenvalue weighted by Crippen LogP contribution is -2.12. The van der Waals surface area contributed by atoms with E-state index in [1.807, 2.05) is 7.05 Å². The van der Waals surface area contributed by atoms with Gasteiger partial charge in [-0.1, -0.05) is 0 Å². The van der Waals surface area contributed by atoms with Crippen molar-refractivity contribution >= 4 is 24.8 Å². The fourth-order valence-electron chi connectivity index (χ4n) is 0.204. The molecule has 0 rings (SSSR count). The lowest BCUT2D eigenvalue weighted by molar-refractivity contribution is 0.201. The lowest BCUT2D eigenvalue weighted by atomic mass is 10.7. The van der Waals surface area contributed by atoms with Gasteiger partial charge in [0.15, 0.2) is 0 Å². The fraction of sp³-hybridized carbons (Fsp3) is 1.00. The van der Waals surface area contributed by atoms with Crippen molar-refractivity contribution in [1.29, 1.82) is 0 Å². The maximum Gasteiger partial charge on any atom is 0.0587 e. The van der Waals surface area contributed by atoms with Gasteiger partial charge in [-0.05, 0) is 7.05 Å². The minimum atomic E-state index is 0. The van der Waals surface area contributed by atoms with E-state index >= 15 is 0 Å². The number of hydrogen-bond acceptors (Lipinski definition) is 2. The molecule has 0 radical (unpaired) electrons. The van der Waals surface area contributed by atoms with Gasteiger partial charge in [-0.25, -0.2) is 0 Å². The van der Waals surface area contributed by atoms with Gasteiger partial charge < -0.3 is 10.1 Å². The van der Waals surface area contributed by atoms with Crippen LogP contribution in [0.4, 0.5) is 0 Å². The molecule has 0 aliphatic carbocycles. The molecule has 1 N–H and O–H groups in total. The van der Waals surface area contributed by atoms with Crippen LogP contribution in [0.15, 0.2) is 0 Å². The first kappa shape index (κ1) is 15.8. The zero-order valence-electron chi connectivity index (χ0n) is 5.14. The monoisotopic (exact) mass is 161 g/mol. The van der Waals surface area contributed by atoms with E-state index in [9.17, 15) is 0 Å². The van der Waals surface area contributed by atoms with Crippen LogP contribution in [0.3, 0.4) is 0 Å². The van der Waals surface area contributed by atoms with Crippen molar-refractivity contribution in [2.24, 2.45) is 0 Å². The van der Waals surface area contributed by atoms with E-state index in [-0.39, 0.29) is 24.8 Å². The third-order valence-corrected chi connectivity index (χ3v) is 0.556. The number of likely N-dealkylation sites (N-methyl/N-ethyl adjacent to an activating group) is 1. The normalized spacial score (nSPS) is 6.75. The number of halogens is 2. The molecule has 54 valence electrons. The number of hydrogen-bond donors (Lipinski definition) is 1. The van der Waals surface area contributed by atoms with Crippen LogP contribution in [0.2, 0.25) is 0 Å². The molecule has 0 atom stereocenters. The standard InChI is InChI=1S/C4H11NO.2ClH/c1-5-3-4-6-2;;/h5H,3-4H2,1-2H3;2*1H. The second kappa shape index (κ2) is 15.6. The average molecular weight is 162 g/mol. The molecule has 0 spiro atoms. The van der Waals surface area contributed by atoms with Gasteiger partial charge in [-0.15, -0.1) is 24.8 Å². The van der Waals surface area contributed by atoms with E-state index in [0.29, 0.717) is 0 Å². The molecule has 8 heavy (non-hydrogen) atoms. The molecule has 0 unspecified atom stereocenters. The highest BCUT2D eigenvalue weighted by Crippen LogP contribution is 1.57. The first-order chi connectivity index (χ1) is 2.91. The Hall–Kier alpha value is 0.500. The molecular formula is C4H13Cl2NO.